The Kier molecular flexibility index (Phi) is 2.23. The van der Waals surface area contributed by atoms with Gasteiger partial charge in [-0.25, -0.2) is 0 Å². The van der Waals surface area contributed by atoms with Crippen LogP contribution in [0.15, 0.2) is 18.3 Å². The largest absolute Gasteiger partial charge is 0.506 e. The quantitative estimate of drug-likeness (QED) is 0.737. The van der Waals surface area contributed by atoms with Gasteiger partial charge in [0.05, 0.1) is 5.56 Å². The van der Waals surface area contributed by atoms with Crippen LogP contribution in [0.25, 0.3) is 10.9 Å². The van der Waals surface area contributed by atoms with Crippen LogP contribution in [0.3, 0.4) is 0 Å². The number of carbonyl (C=O) groups excluding carboxylic acids is 1. The number of aromatic hydroxyl groups is 1. The van der Waals surface area contributed by atoms with E-state index in [1.165, 1.54) is 6.92 Å². The number of carbonyl (C=O) groups is 1. The van der Waals surface area contributed by atoms with Crippen molar-refractivity contribution in [1.29, 1.82) is 0 Å². The Morgan fingerprint density at radius 1 is 1.53 bits per heavy atom. The second kappa shape index (κ2) is 3.42. The van der Waals surface area contributed by atoms with Gasteiger partial charge in [0.2, 0.25) is 0 Å². The van der Waals surface area contributed by atoms with Crippen molar-refractivity contribution in [2.45, 2.75) is 20.3 Å². The Morgan fingerprint density at radius 2 is 2.27 bits per heavy atom. The lowest BCUT2D eigenvalue weighted by Crippen LogP contribution is -1.99. The summed E-state index contributed by atoms with van der Waals surface area (Å²) >= 11 is 0. The molecule has 1 aromatic heterocycles. The second-order valence-corrected chi connectivity index (χ2v) is 3.61. The van der Waals surface area contributed by atoms with Gasteiger partial charge in [0.15, 0.2) is 5.78 Å². The number of H-pyrrole nitrogens is 1. The molecule has 0 saturated carbocycles. The molecule has 1 aromatic carbocycles. The van der Waals surface area contributed by atoms with Crippen molar-refractivity contribution in [2.24, 2.45) is 0 Å². The number of fused-ring (bicyclic) bond motifs is 1. The SMILES string of the molecule is CCc1cc2[nH]ccc2c(O)c1C(C)=O. The summed E-state index contributed by atoms with van der Waals surface area (Å²) < 4.78 is 0. The highest BCUT2D eigenvalue weighted by Crippen LogP contribution is 2.31. The number of ketones is 1. The molecule has 0 atom stereocenters. The van der Waals surface area contributed by atoms with E-state index in [0.717, 1.165) is 17.5 Å². The minimum absolute atomic E-state index is 0.0903. The van der Waals surface area contributed by atoms with Gasteiger partial charge in [-0.2, -0.15) is 0 Å². The number of aryl methyl sites for hydroxylation is 1. The van der Waals surface area contributed by atoms with Crippen molar-refractivity contribution in [1.82, 2.24) is 4.98 Å². The molecule has 78 valence electrons. The van der Waals surface area contributed by atoms with E-state index in [1.54, 1.807) is 12.3 Å². The zero-order valence-electron chi connectivity index (χ0n) is 8.79. The van der Waals surface area contributed by atoms with Crippen LogP contribution in [0.4, 0.5) is 0 Å². The monoisotopic (exact) mass is 203 g/mol. The lowest BCUT2D eigenvalue weighted by Gasteiger charge is -2.08. The number of phenolic OH excluding ortho intramolecular Hbond substituents is 1. The number of benzene rings is 1. The Morgan fingerprint density at radius 3 is 2.87 bits per heavy atom. The molecule has 3 heteroatoms. The molecule has 2 aromatic rings. The molecule has 0 amide bonds. The van der Waals surface area contributed by atoms with Crippen molar-refractivity contribution in [3.63, 3.8) is 0 Å². The minimum atomic E-state index is -0.0903. The molecular weight excluding hydrogens is 190 g/mol. The average Bonchev–Trinajstić information content (AvgIpc) is 2.64. The zero-order chi connectivity index (χ0) is 11.0. The minimum Gasteiger partial charge on any atom is -0.506 e. The van der Waals surface area contributed by atoms with E-state index in [4.69, 9.17) is 0 Å². The molecule has 0 aliphatic heterocycles. The van der Waals surface area contributed by atoms with Crippen molar-refractivity contribution in [3.8, 4) is 5.75 Å². The summed E-state index contributed by atoms with van der Waals surface area (Å²) in [4.78, 5) is 14.5. The molecule has 1 heterocycles. The predicted molar refractivity (Wildman–Crippen MR) is 59.3 cm³/mol. The van der Waals surface area contributed by atoms with Crippen LogP contribution in [0, 0.1) is 0 Å². The summed E-state index contributed by atoms with van der Waals surface area (Å²) in [5.74, 6) is 0.00514. The molecular formula is C12H13NO2. The van der Waals surface area contributed by atoms with Gasteiger partial charge < -0.3 is 10.1 Å². The number of nitrogens with one attached hydrogen (secondary N) is 1. The van der Waals surface area contributed by atoms with Crippen LogP contribution in [-0.4, -0.2) is 15.9 Å². The van der Waals surface area contributed by atoms with Crippen LogP contribution >= 0.6 is 0 Å². The summed E-state index contributed by atoms with van der Waals surface area (Å²) in [6.07, 6.45) is 2.49. The predicted octanol–water partition coefficient (Wildman–Crippen LogP) is 2.64. The standard InChI is InChI=1S/C12H13NO2/c1-3-8-6-10-9(4-5-13-10)12(15)11(8)7(2)14/h4-6,13,15H,3H2,1-2H3. The lowest BCUT2D eigenvalue weighted by molar-refractivity contribution is 0.101. The van der Waals surface area contributed by atoms with E-state index in [0.29, 0.717) is 10.9 Å². The molecule has 3 nitrogen and oxygen atoms in total. The zero-order valence-corrected chi connectivity index (χ0v) is 8.79. The van der Waals surface area contributed by atoms with Crippen molar-refractivity contribution >= 4 is 16.7 Å². The lowest BCUT2D eigenvalue weighted by atomic mass is 9.98. The Balaban J connectivity index is 2.85. The molecule has 0 unspecified atom stereocenters. The molecule has 0 aliphatic rings. The third-order valence-electron chi connectivity index (χ3n) is 2.64. The van der Waals surface area contributed by atoms with Crippen molar-refractivity contribution in [2.75, 3.05) is 0 Å². The molecule has 15 heavy (non-hydrogen) atoms. The number of rotatable bonds is 2. The number of aromatic nitrogens is 1. The average molecular weight is 203 g/mol. The smallest absolute Gasteiger partial charge is 0.163 e. The number of aromatic amines is 1. The van der Waals surface area contributed by atoms with E-state index in [-0.39, 0.29) is 11.5 Å². The van der Waals surface area contributed by atoms with Crippen molar-refractivity contribution in [3.05, 3.63) is 29.5 Å². The van der Waals surface area contributed by atoms with Gasteiger partial charge >= 0.3 is 0 Å². The molecule has 2 N–H and O–H groups in total. The maximum Gasteiger partial charge on any atom is 0.163 e. The highest BCUT2D eigenvalue weighted by molar-refractivity contribution is 6.04. The second-order valence-electron chi connectivity index (χ2n) is 3.61. The fourth-order valence-electron chi connectivity index (χ4n) is 1.91. The number of phenols is 1. The van der Waals surface area contributed by atoms with Gasteiger partial charge in [0.1, 0.15) is 5.75 Å². The number of hydrogen-bond acceptors (Lipinski definition) is 2. The molecule has 0 radical (unpaired) electrons. The first-order valence-electron chi connectivity index (χ1n) is 4.98. The topological polar surface area (TPSA) is 53.1 Å². The third kappa shape index (κ3) is 1.40. The molecule has 0 bridgehead atoms. The van der Waals surface area contributed by atoms with E-state index < -0.39 is 0 Å². The van der Waals surface area contributed by atoms with Gasteiger partial charge in [-0.05, 0) is 31.0 Å². The number of Topliss-reactive ketones (excluding diaryl/α,β-unsaturated/α-hetero) is 1. The highest BCUT2D eigenvalue weighted by Gasteiger charge is 2.15. The number of hydrogen-bond donors (Lipinski definition) is 2. The maximum atomic E-state index is 11.4. The van der Waals surface area contributed by atoms with Gasteiger partial charge in [0, 0.05) is 17.1 Å². The summed E-state index contributed by atoms with van der Waals surface area (Å²) in [6, 6.07) is 3.70. The first-order chi connectivity index (χ1) is 7.15. The fraction of sp³-hybridized carbons (Fsp3) is 0.250. The normalized spacial score (nSPS) is 10.8. The van der Waals surface area contributed by atoms with Gasteiger partial charge in [-0.3, -0.25) is 4.79 Å². The van der Waals surface area contributed by atoms with Crippen LogP contribution in [-0.2, 0) is 6.42 Å². The maximum absolute atomic E-state index is 11.4. The summed E-state index contributed by atoms with van der Waals surface area (Å²) in [7, 11) is 0. The van der Waals surface area contributed by atoms with Crippen LogP contribution in [0.1, 0.15) is 29.8 Å². The van der Waals surface area contributed by atoms with Gasteiger partial charge in [-0.15, -0.1) is 0 Å². The summed E-state index contributed by atoms with van der Waals surface area (Å²) in [5.41, 5.74) is 2.20. The summed E-state index contributed by atoms with van der Waals surface area (Å²) in [6.45, 7) is 3.45. The third-order valence-corrected chi connectivity index (χ3v) is 2.64. The molecule has 2 rings (SSSR count). The first kappa shape index (κ1) is 9.77. The van der Waals surface area contributed by atoms with E-state index in [9.17, 15) is 9.90 Å². The van der Waals surface area contributed by atoms with Crippen LogP contribution < -0.4 is 0 Å². The fourth-order valence-corrected chi connectivity index (χ4v) is 1.91. The van der Waals surface area contributed by atoms with E-state index in [2.05, 4.69) is 4.98 Å². The molecule has 0 saturated heterocycles. The van der Waals surface area contributed by atoms with Gasteiger partial charge in [-0.1, -0.05) is 6.92 Å². The molecule has 0 spiro atoms. The van der Waals surface area contributed by atoms with Crippen LogP contribution in [0.5, 0.6) is 5.75 Å². The molecule has 0 aliphatic carbocycles. The Bertz CT molecular complexity index is 526. The van der Waals surface area contributed by atoms with Gasteiger partial charge in [0.25, 0.3) is 0 Å². The van der Waals surface area contributed by atoms with Crippen LogP contribution in [0.2, 0.25) is 0 Å². The highest BCUT2D eigenvalue weighted by atomic mass is 16.3. The van der Waals surface area contributed by atoms with Crippen molar-refractivity contribution < 1.29 is 9.90 Å². The molecule has 0 fully saturated rings. The van der Waals surface area contributed by atoms with E-state index >= 15 is 0 Å². The Labute approximate surface area is 87.7 Å². The summed E-state index contributed by atoms with van der Waals surface area (Å²) in [5, 5.41) is 10.7. The Hall–Kier alpha value is -1.77. The first-order valence-corrected chi connectivity index (χ1v) is 4.98. The van der Waals surface area contributed by atoms with E-state index in [1.807, 2.05) is 13.0 Å².